The van der Waals surface area contributed by atoms with E-state index in [2.05, 4.69) is 9.71 Å². The molecule has 0 radical (unpaired) electrons. The van der Waals surface area contributed by atoms with Gasteiger partial charge in [0.05, 0.1) is 22.2 Å². The molecule has 2 aromatic rings. The summed E-state index contributed by atoms with van der Waals surface area (Å²) in [6, 6.07) is 10.7. The van der Waals surface area contributed by atoms with Gasteiger partial charge in [0.2, 0.25) is 0 Å². The minimum atomic E-state index is -3.74. The second-order valence-electron chi connectivity index (χ2n) is 3.71. The van der Waals surface area contributed by atoms with E-state index >= 15 is 0 Å². The molecule has 3 N–H and O–H groups in total. The number of sulfonamides is 1. The monoisotopic (exact) mass is 274 g/mol. The van der Waals surface area contributed by atoms with Gasteiger partial charge in [0.15, 0.2) is 0 Å². The molecule has 0 fully saturated rings. The molecule has 96 valence electrons. The van der Waals surface area contributed by atoms with E-state index in [1.165, 1.54) is 24.4 Å². The Bertz CT molecular complexity index is 750. The summed E-state index contributed by atoms with van der Waals surface area (Å²) in [4.78, 5) is 3.75. The average molecular weight is 274 g/mol. The molecular weight excluding hydrogens is 264 g/mol. The highest BCUT2D eigenvalue weighted by Crippen LogP contribution is 2.17. The first-order chi connectivity index (χ1) is 9.01. The van der Waals surface area contributed by atoms with Crippen molar-refractivity contribution in [1.29, 1.82) is 5.26 Å². The first kappa shape index (κ1) is 12.9. The first-order valence-corrected chi connectivity index (χ1v) is 6.74. The second kappa shape index (κ2) is 4.96. The normalized spacial score (nSPS) is 10.7. The third kappa shape index (κ3) is 3.00. The molecule has 6 nitrogen and oxygen atoms in total. The first-order valence-electron chi connectivity index (χ1n) is 5.26. The van der Waals surface area contributed by atoms with Gasteiger partial charge in [-0.2, -0.15) is 5.26 Å². The molecule has 0 atom stereocenters. The van der Waals surface area contributed by atoms with Crippen LogP contribution in [0.25, 0.3) is 0 Å². The number of nitrogens with zero attached hydrogens (tertiary/aromatic N) is 2. The third-order valence-electron chi connectivity index (χ3n) is 2.31. The van der Waals surface area contributed by atoms with E-state index in [9.17, 15) is 8.42 Å². The van der Waals surface area contributed by atoms with Crippen LogP contribution in [0.15, 0.2) is 47.5 Å². The number of anilines is 2. The van der Waals surface area contributed by atoms with Gasteiger partial charge < -0.3 is 5.73 Å². The molecule has 0 aliphatic heterocycles. The molecule has 0 saturated heterocycles. The Morgan fingerprint density at radius 2 is 2.05 bits per heavy atom. The predicted molar refractivity (Wildman–Crippen MR) is 70.6 cm³/mol. The van der Waals surface area contributed by atoms with Crippen LogP contribution in [-0.4, -0.2) is 13.4 Å². The van der Waals surface area contributed by atoms with Crippen molar-refractivity contribution in [3.8, 4) is 6.07 Å². The number of nitrogens with one attached hydrogen (secondary N) is 1. The Labute approximate surface area is 110 Å². The molecule has 1 heterocycles. The molecule has 1 aromatic carbocycles. The number of nitriles is 1. The maximum Gasteiger partial charge on any atom is 0.262 e. The summed E-state index contributed by atoms with van der Waals surface area (Å²) < 4.78 is 26.5. The molecule has 0 spiro atoms. The minimum absolute atomic E-state index is 0.0161. The van der Waals surface area contributed by atoms with Crippen molar-refractivity contribution in [1.82, 2.24) is 4.98 Å². The van der Waals surface area contributed by atoms with Gasteiger partial charge >= 0.3 is 0 Å². The van der Waals surface area contributed by atoms with Crippen LogP contribution in [0.4, 0.5) is 11.5 Å². The highest BCUT2D eigenvalue weighted by Gasteiger charge is 2.14. The van der Waals surface area contributed by atoms with E-state index in [1.807, 2.05) is 6.07 Å². The number of hydrogen-bond donors (Lipinski definition) is 2. The predicted octanol–water partition coefficient (Wildman–Crippen LogP) is 1.34. The average Bonchev–Trinajstić information content (AvgIpc) is 2.38. The molecule has 7 heteroatoms. The van der Waals surface area contributed by atoms with Gasteiger partial charge in [-0.15, -0.1) is 0 Å². The summed E-state index contributed by atoms with van der Waals surface area (Å²) in [5.74, 6) is 0.119. The van der Waals surface area contributed by atoms with Gasteiger partial charge in [0.1, 0.15) is 5.82 Å². The van der Waals surface area contributed by atoms with Crippen LogP contribution < -0.4 is 10.5 Å². The lowest BCUT2D eigenvalue weighted by Crippen LogP contribution is -2.13. The van der Waals surface area contributed by atoms with Crippen LogP contribution in [0.2, 0.25) is 0 Å². The molecule has 0 aliphatic carbocycles. The van der Waals surface area contributed by atoms with Gasteiger partial charge in [0.25, 0.3) is 10.0 Å². The zero-order valence-electron chi connectivity index (χ0n) is 9.74. The molecule has 0 amide bonds. The fourth-order valence-corrected chi connectivity index (χ4v) is 2.53. The maximum absolute atomic E-state index is 12.1. The number of pyridine rings is 1. The van der Waals surface area contributed by atoms with Crippen molar-refractivity contribution in [2.45, 2.75) is 4.90 Å². The number of nitrogen functional groups attached to an aromatic ring is 1. The lowest BCUT2D eigenvalue weighted by Gasteiger charge is -2.08. The molecular formula is C12H10N4O2S. The zero-order chi connectivity index (χ0) is 13.9. The molecule has 2 rings (SSSR count). The van der Waals surface area contributed by atoms with Gasteiger partial charge in [0, 0.05) is 12.3 Å². The Morgan fingerprint density at radius 3 is 2.74 bits per heavy atom. The Hall–Kier alpha value is -2.59. The summed E-state index contributed by atoms with van der Waals surface area (Å²) in [5.41, 5.74) is 6.13. The fourth-order valence-electron chi connectivity index (χ4n) is 1.46. The van der Waals surface area contributed by atoms with Gasteiger partial charge in [-0.25, -0.2) is 13.4 Å². The van der Waals surface area contributed by atoms with E-state index in [1.54, 1.807) is 18.2 Å². The summed E-state index contributed by atoms with van der Waals surface area (Å²) >= 11 is 0. The lowest BCUT2D eigenvalue weighted by atomic mass is 10.2. The zero-order valence-corrected chi connectivity index (χ0v) is 10.6. The van der Waals surface area contributed by atoms with E-state index in [4.69, 9.17) is 11.0 Å². The Balaban J connectivity index is 2.34. The fraction of sp³-hybridized carbons (Fsp3) is 0. The summed E-state index contributed by atoms with van der Waals surface area (Å²) in [6.45, 7) is 0. The van der Waals surface area contributed by atoms with Crippen LogP contribution in [0.5, 0.6) is 0 Å². The van der Waals surface area contributed by atoms with Crippen molar-refractivity contribution < 1.29 is 8.42 Å². The van der Waals surface area contributed by atoms with Crippen LogP contribution in [0, 0.1) is 11.3 Å². The molecule has 0 unspecified atom stereocenters. The molecule has 0 saturated carbocycles. The number of rotatable bonds is 3. The van der Waals surface area contributed by atoms with Crippen molar-refractivity contribution in [3.63, 3.8) is 0 Å². The standard InChI is InChI=1S/C12H10N4O2S/c13-8-9-2-1-3-10(6-9)16-19(17,18)11-4-5-15-12(14)7-11/h1-7,16H,(H2,14,15). The van der Waals surface area contributed by atoms with Gasteiger partial charge in [-0.1, -0.05) is 6.07 Å². The largest absolute Gasteiger partial charge is 0.384 e. The van der Waals surface area contributed by atoms with Gasteiger partial charge in [-0.05, 0) is 24.3 Å². The number of benzene rings is 1. The van der Waals surface area contributed by atoms with Crippen molar-refractivity contribution >= 4 is 21.5 Å². The summed E-state index contributed by atoms with van der Waals surface area (Å²) in [7, 11) is -3.74. The van der Waals surface area contributed by atoms with Crippen molar-refractivity contribution in [3.05, 3.63) is 48.2 Å². The molecule has 0 aliphatic rings. The second-order valence-corrected chi connectivity index (χ2v) is 5.40. The minimum Gasteiger partial charge on any atom is -0.384 e. The van der Waals surface area contributed by atoms with E-state index in [0.717, 1.165) is 0 Å². The number of hydrogen-bond acceptors (Lipinski definition) is 5. The molecule has 0 bridgehead atoms. The van der Waals surface area contributed by atoms with Crippen molar-refractivity contribution in [2.24, 2.45) is 0 Å². The number of nitrogens with two attached hydrogens (primary N) is 1. The molecule has 1 aromatic heterocycles. The quantitative estimate of drug-likeness (QED) is 0.877. The number of aromatic nitrogens is 1. The smallest absolute Gasteiger partial charge is 0.262 e. The van der Waals surface area contributed by atoms with Crippen LogP contribution in [0.1, 0.15) is 5.56 Å². The van der Waals surface area contributed by atoms with Gasteiger partial charge in [-0.3, -0.25) is 4.72 Å². The highest BCUT2D eigenvalue weighted by molar-refractivity contribution is 7.92. The molecule has 19 heavy (non-hydrogen) atoms. The summed E-state index contributed by atoms with van der Waals surface area (Å²) in [6.07, 6.45) is 1.32. The van der Waals surface area contributed by atoms with E-state index < -0.39 is 10.0 Å². The third-order valence-corrected chi connectivity index (χ3v) is 3.69. The van der Waals surface area contributed by atoms with E-state index in [0.29, 0.717) is 11.3 Å². The topological polar surface area (TPSA) is 109 Å². The Morgan fingerprint density at radius 1 is 1.26 bits per heavy atom. The highest BCUT2D eigenvalue weighted by atomic mass is 32.2. The summed E-state index contributed by atoms with van der Waals surface area (Å²) in [5, 5.41) is 8.76. The lowest BCUT2D eigenvalue weighted by molar-refractivity contribution is 0.601. The van der Waals surface area contributed by atoms with Crippen molar-refractivity contribution in [2.75, 3.05) is 10.5 Å². The van der Waals surface area contributed by atoms with Crippen LogP contribution in [-0.2, 0) is 10.0 Å². The maximum atomic E-state index is 12.1. The Kier molecular flexibility index (Phi) is 3.35. The van der Waals surface area contributed by atoms with E-state index in [-0.39, 0.29) is 10.7 Å². The SMILES string of the molecule is N#Cc1cccc(NS(=O)(=O)c2ccnc(N)c2)c1. The van der Waals surface area contributed by atoms with Crippen LogP contribution in [0.3, 0.4) is 0 Å². The van der Waals surface area contributed by atoms with Crippen LogP contribution >= 0.6 is 0 Å².